The molecule has 3 nitrogen and oxygen atoms in total. The Bertz CT molecular complexity index is 562. The highest BCUT2D eigenvalue weighted by molar-refractivity contribution is 7.99. The molecule has 14 heavy (non-hydrogen) atoms. The van der Waals surface area contributed by atoms with Crippen LogP contribution >= 0.6 is 11.8 Å². The van der Waals surface area contributed by atoms with E-state index in [1.807, 2.05) is 6.07 Å². The van der Waals surface area contributed by atoms with E-state index < -0.39 is 0 Å². The molecule has 0 fully saturated rings. The summed E-state index contributed by atoms with van der Waals surface area (Å²) in [7, 11) is 0. The third kappa shape index (κ3) is 1.00. The van der Waals surface area contributed by atoms with Gasteiger partial charge in [-0.15, -0.1) is 11.8 Å². The van der Waals surface area contributed by atoms with Gasteiger partial charge in [0.15, 0.2) is 0 Å². The molecule has 3 heterocycles. The number of aryl methyl sites for hydroxylation is 1. The van der Waals surface area contributed by atoms with Crippen molar-refractivity contribution in [3.05, 3.63) is 34.2 Å². The Labute approximate surface area is 84.6 Å². The Kier molecular flexibility index (Phi) is 1.64. The maximum absolute atomic E-state index is 11.6. The maximum atomic E-state index is 11.6. The summed E-state index contributed by atoms with van der Waals surface area (Å²) in [5.74, 6) is 1.04. The van der Waals surface area contributed by atoms with Gasteiger partial charge in [0, 0.05) is 17.5 Å². The van der Waals surface area contributed by atoms with Gasteiger partial charge in [0.1, 0.15) is 0 Å². The van der Waals surface area contributed by atoms with Crippen molar-refractivity contribution in [1.82, 2.24) is 9.97 Å². The van der Waals surface area contributed by atoms with Crippen molar-refractivity contribution < 1.29 is 0 Å². The minimum atomic E-state index is -0.0266. The third-order valence-corrected chi connectivity index (χ3v) is 3.48. The molecule has 2 aromatic heterocycles. The van der Waals surface area contributed by atoms with Gasteiger partial charge in [-0.2, -0.15) is 0 Å². The Morgan fingerprint density at radius 2 is 2.43 bits per heavy atom. The molecule has 0 bridgehead atoms. The zero-order valence-electron chi connectivity index (χ0n) is 7.41. The molecule has 0 unspecified atom stereocenters. The number of aromatic nitrogens is 2. The van der Waals surface area contributed by atoms with Gasteiger partial charge in [0.05, 0.1) is 15.9 Å². The van der Waals surface area contributed by atoms with Crippen LogP contribution in [0.2, 0.25) is 0 Å². The summed E-state index contributed by atoms with van der Waals surface area (Å²) in [5.41, 5.74) is 2.04. The van der Waals surface area contributed by atoms with Gasteiger partial charge in [-0.3, -0.25) is 9.78 Å². The molecule has 70 valence electrons. The molecule has 0 aliphatic carbocycles. The first kappa shape index (κ1) is 8.05. The van der Waals surface area contributed by atoms with Crippen molar-refractivity contribution >= 4 is 22.7 Å². The molecular weight excluding hydrogens is 196 g/mol. The van der Waals surface area contributed by atoms with Crippen LogP contribution in [-0.4, -0.2) is 15.7 Å². The summed E-state index contributed by atoms with van der Waals surface area (Å²) in [6, 6.07) is 3.62. The van der Waals surface area contributed by atoms with Crippen LogP contribution in [0.1, 0.15) is 5.56 Å². The van der Waals surface area contributed by atoms with Crippen molar-refractivity contribution in [1.29, 1.82) is 0 Å². The van der Waals surface area contributed by atoms with Gasteiger partial charge in [-0.05, 0) is 18.6 Å². The van der Waals surface area contributed by atoms with Crippen LogP contribution in [0.5, 0.6) is 0 Å². The SMILES string of the molecule is O=c1[nH]c2c(c3ncccc13)CCS2. The molecule has 1 aliphatic heterocycles. The van der Waals surface area contributed by atoms with Crippen molar-refractivity contribution in [2.75, 3.05) is 5.75 Å². The van der Waals surface area contributed by atoms with E-state index >= 15 is 0 Å². The summed E-state index contributed by atoms with van der Waals surface area (Å²) in [5, 5.41) is 1.70. The van der Waals surface area contributed by atoms with Crippen LogP contribution in [-0.2, 0) is 6.42 Å². The van der Waals surface area contributed by atoms with Gasteiger partial charge in [0.2, 0.25) is 0 Å². The Morgan fingerprint density at radius 3 is 3.36 bits per heavy atom. The largest absolute Gasteiger partial charge is 0.316 e. The van der Waals surface area contributed by atoms with Gasteiger partial charge in [-0.1, -0.05) is 0 Å². The standard InChI is InChI=1S/C10H8N2OS/c13-9-6-2-1-4-11-8(6)7-3-5-14-10(7)12-9/h1-2,4H,3,5H2,(H,12,13). The lowest BCUT2D eigenvalue weighted by Crippen LogP contribution is -2.08. The number of pyridine rings is 2. The average molecular weight is 204 g/mol. The van der Waals surface area contributed by atoms with E-state index in [0.29, 0.717) is 5.39 Å². The molecule has 0 saturated carbocycles. The highest BCUT2D eigenvalue weighted by Gasteiger charge is 2.17. The normalized spacial score (nSPS) is 14.6. The lowest BCUT2D eigenvalue weighted by atomic mass is 10.1. The highest BCUT2D eigenvalue weighted by Crippen LogP contribution is 2.31. The minimum absolute atomic E-state index is 0.0266. The molecule has 1 aliphatic rings. The lowest BCUT2D eigenvalue weighted by molar-refractivity contribution is 1.03. The maximum Gasteiger partial charge on any atom is 0.258 e. The van der Waals surface area contributed by atoms with Crippen LogP contribution in [0.25, 0.3) is 10.9 Å². The first-order valence-electron chi connectivity index (χ1n) is 4.49. The number of nitrogens with zero attached hydrogens (tertiary/aromatic N) is 1. The fourth-order valence-corrected chi connectivity index (χ4v) is 2.84. The molecule has 0 amide bonds. The molecule has 0 radical (unpaired) electrons. The third-order valence-electron chi connectivity index (χ3n) is 2.44. The van der Waals surface area contributed by atoms with Crippen molar-refractivity contribution in [2.45, 2.75) is 11.4 Å². The molecule has 4 heteroatoms. The van der Waals surface area contributed by atoms with Gasteiger partial charge >= 0.3 is 0 Å². The quantitative estimate of drug-likeness (QED) is 0.708. The number of hydrogen-bond acceptors (Lipinski definition) is 3. The Balaban J connectivity index is 2.53. The van der Waals surface area contributed by atoms with Crippen LogP contribution in [0.15, 0.2) is 28.2 Å². The average Bonchev–Trinajstić information content (AvgIpc) is 2.66. The zero-order chi connectivity index (χ0) is 9.54. The number of rotatable bonds is 0. The van der Waals surface area contributed by atoms with Crippen LogP contribution in [0, 0.1) is 0 Å². The predicted octanol–water partition coefficient (Wildman–Crippen LogP) is 1.57. The van der Waals surface area contributed by atoms with Gasteiger partial charge < -0.3 is 4.98 Å². The molecule has 0 aromatic carbocycles. The number of hydrogen-bond donors (Lipinski definition) is 1. The summed E-state index contributed by atoms with van der Waals surface area (Å²) < 4.78 is 0. The fourth-order valence-electron chi connectivity index (χ4n) is 1.79. The molecular formula is C10H8N2OS. The lowest BCUT2D eigenvalue weighted by Gasteiger charge is -2.01. The van der Waals surface area contributed by atoms with Crippen LogP contribution in [0.4, 0.5) is 0 Å². The molecule has 0 atom stereocenters. The summed E-state index contributed by atoms with van der Waals surface area (Å²) in [4.78, 5) is 18.8. The number of fused-ring (bicyclic) bond motifs is 3. The van der Waals surface area contributed by atoms with Crippen molar-refractivity contribution in [3.63, 3.8) is 0 Å². The van der Waals surface area contributed by atoms with E-state index in [0.717, 1.165) is 22.7 Å². The van der Waals surface area contributed by atoms with E-state index in [-0.39, 0.29) is 5.56 Å². The van der Waals surface area contributed by atoms with Gasteiger partial charge in [-0.25, -0.2) is 0 Å². The molecule has 2 aromatic rings. The van der Waals surface area contributed by atoms with E-state index in [2.05, 4.69) is 9.97 Å². The summed E-state index contributed by atoms with van der Waals surface area (Å²) >= 11 is 1.70. The van der Waals surface area contributed by atoms with Crippen LogP contribution < -0.4 is 5.56 Å². The summed E-state index contributed by atoms with van der Waals surface area (Å²) in [6.45, 7) is 0. The van der Waals surface area contributed by atoms with Gasteiger partial charge in [0.25, 0.3) is 5.56 Å². The second-order valence-corrected chi connectivity index (χ2v) is 4.37. The molecule has 0 spiro atoms. The van der Waals surface area contributed by atoms with E-state index in [9.17, 15) is 4.79 Å². The second-order valence-electron chi connectivity index (χ2n) is 3.26. The molecule has 0 saturated heterocycles. The zero-order valence-corrected chi connectivity index (χ0v) is 8.23. The summed E-state index contributed by atoms with van der Waals surface area (Å²) in [6.07, 6.45) is 2.75. The number of aromatic amines is 1. The first-order valence-corrected chi connectivity index (χ1v) is 5.47. The number of thioether (sulfide) groups is 1. The smallest absolute Gasteiger partial charge is 0.258 e. The van der Waals surface area contributed by atoms with Crippen LogP contribution in [0.3, 0.4) is 0 Å². The Morgan fingerprint density at radius 1 is 1.50 bits per heavy atom. The minimum Gasteiger partial charge on any atom is -0.316 e. The van der Waals surface area contributed by atoms with Crippen molar-refractivity contribution in [3.8, 4) is 0 Å². The number of nitrogens with one attached hydrogen (secondary N) is 1. The van der Waals surface area contributed by atoms with Crippen molar-refractivity contribution in [2.24, 2.45) is 0 Å². The highest BCUT2D eigenvalue weighted by atomic mass is 32.2. The molecule has 3 rings (SSSR count). The van der Waals surface area contributed by atoms with E-state index in [1.54, 1.807) is 24.0 Å². The monoisotopic (exact) mass is 204 g/mol. The predicted molar refractivity (Wildman–Crippen MR) is 56.8 cm³/mol. The van der Waals surface area contributed by atoms with E-state index in [1.165, 1.54) is 5.56 Å². The number of H-pyrrole nitrogens is 1. The Hall–Kier alpha value is -1.29. The topological polar surface area (TPSA) is 45.8 Å². The second kappa shape index (κ2) is 2.85. The first-order chi connectivity index (χ1) is 6.86. The van der Waals surface area contributed by atoms with E-state index in [4.69, 9.17) is 0 Å². The fraction of sp³-hybridized carbons (Fsp3) is 0.200. The molecule has 1 N–H and O–H groups in total.